The molecule has 10 aromatic carbocycles. The van der Waals surface area contributed by atoms with Crippen molar-refractivity contribution in [1.82, 2.24) is 0 Å². The summed E-state index contributed by atoms with van der Waals surface area (Å²) in [7, 11) is 0. The number of para-hydroxylation sites is 1. The van der Waals surface area contributed by atoms with Crippen molar-refractivity contribution in [2.45, 2.75) is 19.3 Å². The molecule has 0 spiro atoms. The van der Waals surface area contributed by atoms with Crippen LogP contribution >= 0.6 is 0 Å². The summed E-state index contributed by atoms with van der Waals surface area (Å²) in [5.41, 5.74) is 17.2. The highest BCUT2D eigenvalue weighted by atomic mass is 16.3. The van der Waals surface area contributed by atoms with Crippen LogP contribution in [-0.2, 0) is 5.41 Å². The molecule has 0 saturated heterocycles. The van der Waals surface area contributed by atoms with Gasteiger partial charge in [-0.1, -0.05) is 190 Å². The highest BCUT2D eigenvalue weighted by molar-refractivity contribution is 6.21. The second kappa shape index (κ2) is 12.4. The molecule has 1 heterocycles. The molecule has 0 amide bonds. The van der Waals surface area contributed by atoms with Gasteiger partial charge >= 0.3 is 0 Å². The van der Waals surface area contributed by atoms with E-state index in [9.17, 15) is 0 Å². The number of rotatable bonds is 4. The van der Waals surface area contributed by atoms with Gasteiger partial charge in [-0.3, -0.25) is 0 Å². The molecule has 1 heteroatoms. The Bertz CT molecular complexity index is 3390. The molecule has 1 aromatic heterocycles. The molecule has 11 aromatic rings. The van der Waals surface area contributed by atoms with Crippen molar-refractivity contribution in [3.05, 3.63) is 205 Å². The summed E-state index contributed by atoms with van der Waals surface area (Å²) in [6, 6.07) is 71.4. The van der Waals surface area contributed by atoms with Crippen molar-refractivity contribution in [2.24, 2.45) is 0 Å². The van der Waals surface area contributed by atoms with Gasteiger partial charge in [-0.25, -0.2) is 0 Å². The van der Waals surface area contributed by atoms with E-state index in [0.29, 0.717) is 0 Å². The molecule has 0 bridgehead atoms. The van der Waals surface area contributed by atoms with E-state index in [2.05, 4.69) is 196 Å². The summed E-state index contributed by atoms with van der Waals surface area (Å²) in [5, 5.41) is 9.93. The van der Waals surface area contributed by atoms with E-state index in [0.717, 1.165) is 21.9 Å². The minimum absolute atomic E-state index is 0.0749. The molecule has 12 rings (SSSR count). The Morgan fingerprint density at radius 1 is 0.310 bits per heavy atom. The number of furan rings is 1. The van der Waals surface area contributed by atoms with E-state index < -0.39 is 0 Å². The average Bonchev–Trinajstić information content (AvgIpc) is 3.77. The first-order chi connectivity index (χ1) is 28.5. The van der Waals surface area contributed by atoms with Crippen molar-refractivity contribution >= 4 is 54.3 Å². The third-order valence-electron chi connectivity index (χ3n) is 12.9. The maximum atomic E-state index is 6.12. The third kappa shape index (κ3) is 4.77. The van der Waals surface area contributed by atoms with Gasteiger partial charge in [0.05, 0.1) is 0 Å². The van der Waals surface area contributed by atoms with Crippen LogP contribution in [0.25, 0.3) is 110 Å². The van der Waals surface area contributed by atoms with Crippen molar-refractivity contribution < 1.29 is 4.42 Å². The first-order valence-corrected chi connectivity index (χ1v) is 20.3. The van der Waals surface area contributed by atoms with Gasteiger partial charge in [0, 0.05) is 16.2 Å². The molecule has 1 aliphatic rings. The van der Waals surface area contributed by atoms with Gasteiger partial charge in [0.2, 0.25) is 0 Å². The standard InChI is InChI=1S/C57H38O/c1-57(2)49-20-11-19-42(55(49)56-41-13-4-3-12-36(41)30-32-50(56)57)37-24-28-39(29-25-37)54-46-17-7-5-15-44(46)53(45-16-6-8-18-47(45)54)38-26-22-35(23-27-38)40-31-33-52-48(34-40)43-14-9-10-21-51(43)58-52/h3-34H,1-2H3. The lowest BCUT2D eigenvalue weighted by molar-refractivity contribution is 0.661. The van der Waals surface area contributed by atoms with Crippen LogP contribution in [-0.4, -0.2) is 0 Å². The van der Waals surface area contributed by atoms with E-state index in [4.69, 9.17) is 4.42 Å². The summed E-state index contributed by atoms with van der Waals surface area (Å²) in [6.45, 7) is 4.74. The summed E-state index contributed by atoms with van der Waals surface area (Å²) in [4.78, 5) is 0. The second-order valence-electron chi connectivity index (χ2n) is 16.4. The molecule has 1 aliphatic carbocycles. The quantitative estimate of drug-likeness (QED) is 0.164. The molecule has 0 unspecified atom stereocenters. The van der Waals surface area contributed by atoms with E-state index in [-0.39, 0.29) is 5.41 Å². The van der Waals surface area contributed by atoms with Gasteiger partial charge in [0.15, 0.2) is 0 Å². The normalized spacial score (nSPS) is 13.1. The topological polar surface area (TPSA) is 13.1 Å². The van der Waals surface area contributed by atoms with E-state index >= 15 is 0 Å². The Kier molecular flexibility index (Phi) is 7.04. The summed E-state index contributed by atoms with van der Waals surface area (Å²) < 4.78 is 6.12. The van der Waals surface area contributed by atoms with Crippen LogP contribution in [0, 0.1) is 0 Å². The minimum atomic E-state index is -0.0749. The fourth-order valence-corrected chi connectivity index (χ4v) is 10.1. The molecule has 0 fully saturated rings. The Morgan fingerprint density at radius 2 is 0.810 bits per heavy atom. The van der Waals surface area contributed by atoms with Gasteiger partial charge in [0.25, 0.3) is 0 Å². The van der Waals surface area contributed by atoms with E-state index in [1.165, 1.54) is 99.1 Å². The van der Waals surface area contributed by atoms with Crippen molar-refractivity contribution in [2.75, 3.05) is 0 Å². The molecule has 0 saturated carbocycles. The maximum Gasteiger partial charge on any atom is 0.135 e. The van der Waals surface area contributed by atoms with Gasteiger partial charge in [-0.2, -0.15) is 0 Å². The third-order valence-corrected chi connectivity index (χ3v) is 12.9. The zero-order valence-electron chi connectivity index (χ0n) is 32.4. The molecule has 0 atom stereocenters. The van der Waals surface area contributed by atoms with Crippen LogP contribution in [0.4, 0.5) is 0 Å². The molecular weight excluding hydrogens is 701 g/mol. The Labute approximate surface area is 337 Å². The highest BCUT2D eigenvalue weighted by Crippen LogP contribution is 2.54. The Hall–Kier alpha value is -7.22. The zero-order valence-corrected chi connectivity index (χ0v) is 32.4. The largest absolute Gasteiger partial charge is 0.456 e. The van der Waals surface area contributed by atoms with Gasteiger partial charge in [0.1, 0.15) is 11.2 Å². The molecule has 0 N–H and O–H groups in total. The lowest BCUT2D eigenvalue weighted by Crippen LogP contribution is -2.14. The van der Waals surface area contributed by atoms with Crippen LogP contribution in [0.1, 0.15) is 25.0 Å². The Balaban J connectivity index is 0.974. The van der Waals surface area contributed by atoms with Crippen LogP contribution in [0.5, 0.6) is 0 Å². The van der Waals surface area contributed by atoms with Crippen LogP contribution < -0.4 is 0 Å². The van der Waals surface area contributed by atoms with Gasteiger partial charge in [-0.05, 0) is 117 Å². The fourth-order valence-electron chi connectivity index (χ4n) is 10.1. The predicted octanol–water partition coefficient (Wildman–Crippen LogP) is 16.0. The van der Waals surface area contributed by atoms with Crippen molar-refractivity contribution in [3.8, 4) is 55.6 Å². The van der Waals surface area contributed by atoms with Gasteiger partial charge < -0.3 is 4.42 Å². The minimum Gasteiger partial charge on any atom is -0.456 e. The lowest BCUT2D eigenvalue weighted by Gasteiger charge is -2.21. The first kappa shape index (κ1) is 33.0. The van der Waals surface area contributed by atoms with Gasteiger partial charge in [-0.15, -0.1) is 0 Å². The first-order valence-electron chi connectivity index (χ1n) is 20.3. The number of hydrogen-bond acceptors (Lipinski definition) is 1. The van der Waals surface area contributed by atoms with E-state index in [1.54, 1.807) is 0 Å². The summed E-state index contributed by atoms with van der Waals surface area (Å²) in [5.74, 6) is 0. The smallest absolute Gasteiger partial charge is 0.135 e. The molecule has 272 valence electrons. The SMILES string of the molecule is CC1(C)c2cccc(-c3ccc(-c4c5ccccc5c(-c5ccc(-c6ccc7oc8ccccc8c7c6)cc5)c5ccccc45)cc3)c2-c2c1ccc1ccccc21. The monoisotopic (exact) mass is 738 g/mol. The zero-order chi connectivity index (χ0) is 38.5. The predicted molar refractivity (Wildman–Crippen MR) is 246 cm³/mol. The summed E-state index contributed by atoms with van der Waals surface area (Å²) in [6.07, 6.45) is 0. The van der Waals surface area contributed by atoms with Crippen LogP contribution in [0.3, 0.4) is 0 Å². The average molecular weight is 739 g/mol. The maximum absolute atomic E-state index is 6.12. The van der Waals surface area contributed by atoms with Crippen molar-refractivity contribution in [1.29, 1.82) is 0 Å². The summed E-state index contributed by atoms with van der Waals surface area (Å²) >= 11 is 0. The highest BCUT2D eigenvalue weighted by Gasteiger charge is 2.37. The molecule has 1 nitrogen and oxygen atoms in total. The number of benzene rings is 10. The van der Waals surface area contributed by atoms with Crippen molar-refractivity contribution in [3.63, 3.8) is 0 Å². The van der Waals surface area contributed by atoms with E-state index in [1.807, 2.05) is 12.1 Å². The number of fused-ring (bicyclic) bond motifs is 10. The lowest BCUT2D eigenvalue weighted by atomic mass is 9.81. The Morgan fingerprint density at radius 3 is 1.47 bits per heavy atom. The molecule has 0 aliphatic heterocycles. The fraction of sp³-hybridized carbons (Fsp3) is 0.0526. The molecule has 58 heavy (non-hydrogen) atoms. The van der Waals surface area contributed by atoms with Crippen LogP contribution in [0.2, 0.25) is 0 Å². The molecular formula is C57H38O. The number of hydrogen-bond donors (Lipinski definition) is 0. The second-order valence-corrected chi connectivity index (χ2v) is 16.4. The van der Waals surface area contributed by atoms with Crippen LogP contribution in [0.15, 0.2) is 199 Å². The molecule has 0 radical (unpaired) electrons.